The number of hydrogen-bond acceptors (Lipinski definition) is 3. The van der Waals surface area contributed by atoms with Crippen molar-refractivity contribution >= 4 is 11.6 Å². The summed E-state index contributed by atoms with van der Waals surface area (Å²) in [6, 6.07) is 14.0. The van der Waals surface area contributed by atoms with Gasteiger partial charge < -0.3 is 9.74 Å². The van der Waals surface area contributed by atoms with Crippen LogP contribution in [0.3, 0.4) is 0 Å². The first-order valence-corrected chi connectivity index (χ1v) is 9.86. The van der Waals surface area contributed by atoms with Crippen LogP contribution in [0, 0.1) is 23.3 Å². The standard InChI is InChI=1S/C24H18F4N2O2/c25-18-7-4-15(5-8-18)23-12-21(32-29-23)14-30(13-17-6-9-20(27)11-22(17)28)24(31)16-2-1-3-19(26)10-16/h1-11,21H,12-14H2/t21-/m1/s1. The fourth-order valence-corrected chi connectivity index (χ4v) is 3.46. The number of carbonyl (C=O) groups is 1. The van der Waals surface area contributed by atoms with Gasteiger partial charge in [-0.1, -0.05) is 29.4 Å². The maximum Gasteiger partial charge on any atom is 0.254 e. The van der Waals surface area contributed by atoms with Crippen molar-refractivity contribution in [3.63, 3.8) is 0 Å². The predicted molar refractivity (Wildman–Crippen MR) is 110 cm³/mol. The quantitative estimate of drug-likeness (QED) is 0.500. The molecule has 0 spiro atoms. The lowest BCUT2D eigenvalue weighted by molar-refractivity contribution is 0.0402. The lowest BCUT2D eigenvalue weighted by atomic mass is 10.0. The second kappa shape index (κ2) is 9.21. The van der Waals surface area contributed by atoms with Gasteiger partial charge in [0.25, 0.3) is 5.91 Å². The van der Waals surface area contributed by atoms with Crippen molar-refractivity contribution in [1.82, 2.24) is 4.90 Å². The van der Waals surface area contributed by atoms with Gasteiger partial charge in [-0.15, -0.1) is 0 Å². The van der Waals surface area contributed by atoms with Crippen LogP contribution >= 0.6 is 0 Å². The fourth-order valence-electron chi connectivity index (χ4n) is 3.46. The second-order valence-electron chi connectivity index (χ2n) is 7.41. The Morgan fingerprint density at radius 2 is 1.66 bits per heavy atom. The molecule has 8 heteroatoms. The molecule has 0 N–H and O–H groups in total. The van der Waals surface area contributed by atoms with E-state index in [0.717, 1.165) is 18.2 Å². The van der Waals surface area contributed by atoms with Gasteiger partial charge in [0.1, 0.15) is 23.3 Å². The first-order valence-electron chi connectivity index (χ1n) is 9.86. The molecule has 0 fully saturated rings. The zero-order valence-electron chi connectivity index (χ0n) is 16.8. The highest BCUT2D eigenvalue weighted by Gasteiger charge is 2.28. The van der Waals surface area contributed by atoms with Crippen LogP contribution in [0.1, 0.15) is 27.9 Å². The third kappa shape index (κ3) is 4.96. The summed E-state index contributed by atoms with van der Waals surface area (Å²) in [4.78, 5) is 19.8. The SMILES string of the molecule is O=C(c1cccc(F)c1)N(Cc1ccc(F)cc1F)C[C@H]1CC(c2ccc(F)cc2)=NO1. The van der Waals surface area contributed by atoms with Crippen LogP contribution in [0.15, 0.2) is 71.9 Å². The summed E-state index contributed by atoms with van der Waals surface area (Å²) in [5, 5.41) is 4.03. The van der Waals surface area contributed by atoms with Crippen molar-refractivity contribution in [3.05, 3.63) is 107 Å². The Balaban J connectivity index is 1.54. The second-order valence-corrected chi connectivity index (χ2v) is 7.41. The maximum absolute atomic E-state index is 14.2. The van der Waals surface area contributed by atoms with Gasteiger partial charge in [0.2, 0.25) is 0 Å². The number of nitrogens with zero attached hydrogens (tertiary/aromatic N) is 2. The summed E-state index contributed by atoms with van der Waals surface area (Å²) in [5.41, 5.74) is 1.46. The molecule has 0 aromatic heterocycles. The highest BCUT2D eigenvalue weighted by atomic mass is 19.1. The van der Waals surface area contributed by atoms with Crippen molar-refractivity contribution < 1.29 is 27.2 Å². The molecule has 1 amide bonds. The Morgan fingerprint density at radius 1 is 0.938 bits per heavy atom. The van der Waals surface area contributed by atoms with Crippen molar-refractivity contribution in [2.45, 2.75) is 19.1 Å². The van der Waals surface area contributed by atoms with Gasteiger partial charge >= 0.3 is 0 Å². The molecule has 0 saturated carbocycles. The van der Waals surface area contributed by atoms with E-state index in [-0.39, 0.29) is 30.0 Å². The Hall–Kier alpha value is -3.68. The molecule has 1 heterocycles. The zero-order chi connectivity index (χ0) is 22.7. The molecule has 0 aliphatic carbocycles. The predicted octanol–water partition coefficient (Wildman–Crippen LogP) is 5.08. The van der Waals surface area contributed by atoms with Crippen LogP contribution in [0.2, 0.25) is 0 Å². The molecule has 0 unspecified atom stereocenters. The number of carbonyl (C=O) groups excluding carboxylic acids is 1. The Morgan fingerprint density at radius 3 is 2.38 bits per heavy atom. The van der Waals surface area contributed by atoms with E-state index < -0.39 is 29.5 Å². The van der Waals surface area contributed by atoms with Crippen molar-refractivity contribution in [3.8, 4) is 0 Å². The van der Waals surface area contributed by atoms with Crippen molar-refractivity contribution in [1.29, 1.82) is 0 Å². The molecular weight excluding hydrogens is 424 g/mol. The maximum atomic E-state index is 14.2. The van der Waals surface area contributed by atoms with Gasteiger partial charge in [-0.3, -0.25) is 4.79 Å². The minimum atomic E-state index is -0.794. The molecule has 4 nitrogen and oxygen atoms in total. The van der Waals surface area contributed by atoms with Crippen LogP contribution in [-0.2, 0) is 11.4 Å². The average Bonchev–Trinajstić information content (AvgIpc) is 3.23. The minimum absolute atomic E-state index is 0.0281. The van der Waals surface area contributed by atoms with Crippen molar-refractivity contribution in [2.24, 2.45) is 5.16 Å². The van der Waals surface area contributed by atoms with Crippen LogP contribution in [0.5, 0.6) is 0 Å². The average molecular weight is 442 g/mol. The van der Waals surface area contributed by atoms with Gasteiger partial charge in [-0.25, -0.2) is 17.6 Å². The summed E-state index contributed by atoms with van der Waals surface area (Å²) >= 11 is 0. The van der Waals surface area contributed by atoms with E-state index in [1.54, 1.807) is 12.1 Å². The molecule has 1 aliphatic rings. The molecule has 1 aliphatic heterocycles. The molecule has 0 saturated heterocycles. The van der Waals surface area contributed by atoms with Crippen LogP contribution in [-0.4, -0.2) is 29.2 Å². The number of oxime groups is 1. The summed E-state index contributed by atoms with van der Waals surface area (Å²) < 4.78 is 54.4. The molecule has 3 aromatic carbocycles. The van der Waals surface area contributed by atoms with Gasteiger partial charge in [0, 0.05) is 30.2 Å². The highest BCUT2D eigenvalue weighted by molar-refractivity contribution is 6.01. The number of amides is 1. The monoisotopic (exact) mass is 442 g/mol. The molecule has 0 bridgehead atoms. The van der Waals surface area contributed by atoms with Gasteiger partial charge in [0.05, 0.1) is 12.3 Å². The van der Waals surface area contributed by atoms with E-state index in [1.807, 2.05) is 0 Å². The minimum Gasteiger partial charge on any atom is -0.390 e. The van der Waals surface area contributed by atoms with Crippen molar-refractivity contribution in [2.75, 3.05) is 6.54 Å². The number of hydrogen-bond donors (Lipinski definition) is 0. The normalized spacial score (nSPS) is 15.2. The third-order valence-electron chi connectivity index (χ3n) is 5.07. The molecular formula is C24H18F4N2O2. The first-order chi connectivity index (χ1) is 15.4. The van der Waals surface area contributed by atoms with Gasteiger partial charge in [-0.2, -0.15) is 0 Å². The Labute approximate surface area is 181 Å². The van der Waals surface area contributed by atoms with Gasteiger partial charge in [-0.05, 0) is 42.0 Å². The molecule has 4 rings (SSSR count). The van der Waals surface area contributed by atoms with E-state index in [4.69, 9.17) is 4.84 Å². The number of benzene rings is 3. The molecule has 3 aromatic rings. The lowest BCUT2D eigenvalue weighted by Crippen LogP contribution is -2.37. The van der Waals surface area contributed by atoms with Crippen LogP contribution in [0.25, 0.3) is 0 Å². The number of halogens is 4. The lowest BCUT2D eigenvalue weighted by Gasteiger charge is -2.25. The van der Waals surface area contributed by atoms with E-state index >= 15 is 0 Å². The third-order valence-corrected chi connectivity index (χ3v) is 5.07. The molecule has 1 atom stereocenters. The summed E-state index contributed by atoms with van der Waals surface area (Å²) in [6.07, 6.45) is -0.208. The van der Waals surface area contributed by atoms with Crippen LogP contribution < -0.4 is 0 Å². The molecule has 164 valence electrons. The zero-order valence-corrected chi connectivity index (χ0v) is 16.8. The topological polar surface area (TPSA) is 41.9 Å². The van der Waals surface area contributed by atoms with E-state index in [0.29, 0.717) is 17.7 Å². The first kappa shape index (κ1) is 21.5. The largest absolute Gasteiger partial charge is 0.390 e. The molecule has 0 radical (unpaired) electrons. The summed E-state index contributed by atoms with van der Waals surface area (Å²) in [5.74, 6) is -3.02. The van der Waals surface area contributed by atoms with E-state index in [2.05, 4.69) is 5.16 Å². The smallest absolute Gasteiger partial charge is 0.254 e. The fraction of sp³-hybridized carbons (Fsp3) is 0.167. The molecule has 32 heavy (non-hydrogen) atoms. The van der Waals surface area contributed by atoms with Gasteiger partial charge in [0.15, 0.2) is 6.10 Å². The Bertz CT molecular complexity index is 1160. The van der Waals surface area contributed by atoms with E-state index in [1.165, 1.54) is 41.3 Å². The van der Waals surface area contributed by atoms with E-state index in [9.17, 15) is 22.4 Å². The van der Waals surface area contributed by atoms with Crippen LogP contribution in [0.4, 0.5) is 17.6 Å². The number of rotatable bonds is 6. The highest BCUT2D eigenvalue weighted by Crippen LogP contribution is 2.21. The summed E-state index contributed by atoms with van der Waals surface area (Å²) in [7, 11) is 0. The summed E-state index contributed by atoms with van der Waals surface area (Å²) in [6.45, 7) is -0.145. The Kier molecular flexibility index (Phi) is 6.20.